The molecule has 0 aromatic heterocycles. The Morgan fingerprint density at radius 1 is 1.38 bits per heavy atom. The zero-order chi connectivity index (χ0) is 17.8. The lowest BCUT2D eigenvalue weighted by Gasteiger charge is -2.41. The fraction of sp³-hybridized carbons (Fsp3) is 0.556. The number of piperazine rings is 1. The van der Waals surface area contributed by atoms with Crippen LogP contribution in [0.1, 0.15) is 30.1 Å². The molecule has 1 aromatic carbocycles. The van der Waals surface area contributed by atoms with Gasteiger partial charge < -0.3 is 19.9 Å². The summed E-state index contributed by atoms with van der Waals surface area (Å²) in [6.07, 6.45) is 1.71. The first-order chi connectivity index (χ1) is 12.1. The fourth-order valence-corrected chi connectivity index (χ4v) is 3.54. The average molecular weight is 386 g/mol. The molecule has 2 fully saturated rings. The second-order valence-corrected chi connectivity index (χ2v) is 6.36. The number of nitrogens with one attached hydrogen (secondary N) is 1. The summed E-state index contributed by atoms with van der Waals surface area (Å²) in [4.78, 5) is 28.6. The van der Waals surface area contributed by atoms with Crippen LogP contribution < -0.4 is 10.1 Å². The Morgan fingerprint density at radius 3 is 2.92 bits per heavy atom. The zero-order valence-corrected chi connectivity index (χ0v) is 15.7. The van der Waals surface area contributed by atoms with Crippen LogP contribution >= 0.6 is 12.4 Å². The third kappa shape index (κ3) is 4.27. The maximum Gasteiger partial charge on any atom is 0.257 e. The highest BCUT2D eigenvalue weighted by Crippen LogP contribution is 2.26. The molecule has 1 aromatic rings. The molecule has 0 saturated carbocycles. The van der Waals surface area contributed by atoms with E-state index in [-0.39, 0.29) is 41.6 Å². The lowest BCUT2D eigenvalue weighted by molar-refractivity contribution is -0.135. The van der Waals surface area contributed by atoms with Crippen molar-refractivity contribution in [2.24, 2.45) is 0 Å². The molecule has 26 heavy (non-hydrogen) atoms. The molecule has 8 heteroatoms. The predicted octanol–water partition coefficient (Wildman–Crippen LogP) is 1.68. The van der Waals surface area contributed by atoms with Crippen molar-refractivity contribution in [2.45, 2.75) is 25.8 Å². The van der Waals surface area contributed by atoms with E-state index in [9.17, 15) is 14.0 Å². The van der Waals surface area contributed by atoms with E-state index in [1.165, 1.54) is 12.1 Å². The number of benzene rings is 1. The van der Waals surface area contributed by atoms with E-state index >= 15 is 0 Å². The highest BCUT2D eigenvalue weighted by Gasteiger charge is 2.33. The van der Waals surface area contributed by atoms with Gasteiger partial charge in [0.15, 0.2) is 11.6 Å². The molecule has 1 atom stereocenters. The van der Waals surface area contributed by atoms with Crippen LogP contribution in [0.4, 0.5) is 4.39 Å². The summed E-state index contributed by atoms with van der Waals surface area (Å²) in [6.45, 7) is 4.92. The number of ether oxygens (including phenoxy) is 1. The number of para-hydroxylation sites is 1. The molecule has 0 aliphatic carbocycles. The number of hydrogen-bond donors (Lipinski definition) is 1. The number of nitrogens with zero attached hydrogens (tertiary/aromatic N) is 2. The molecule has 0 spiro atoms. The largest absolute Gasteiger partial charge is 0.490 e. The Balaban J connectivity index is 0.00000243. The summed E-state index contributed by atoms with van der Waals surface area (Å²) in [5, 5.41) is 3.06. The standard InChI is InChI=1S/C18H24FN3O3.ClH/c1-2-25-17-14(6-3-7-15(17)19)18(24)21-9-4-5-13(12-21)22-10-8-20-11-16(22)23;/h3,6-7,13,20H,2,4-5,8-12H2,1H3;1H. The summed E-state index contributed by atoms with van der Waals surface area (Å²) in [7, 11) is 0. The predicted molar refractivity (Wildman–Crippen MR) is 98.3 cm³/mol. The summed E-state index contributed by atoms with van der Waals surface area (Å²) < 4.78 is 19.4. The highest BCUT2D eigenvalue weighted by molar-refractivity contribution is 5.97. The monoisotopic (exact) mass is 385 g/mol. The van der Waals surface area contributed by atoms with E-state index in [0.717, 1.165) is 19.4 Å². The van der Waals surface area contributed by atoms with Crippen LogP contribution in [0.2, 0.25) is 0 Å². The molecule has 2 aliphatic rings. The van der Waals surface area contributed by atoms with Gasteiger partial charge in [0.2, 0.25) is 5.91 Å². The maximum atomic E-state index is 14.0. The van der Waals surface area contributed by atoms with E-state index < -0.39 is 5.82 Å². The molecule has 2 heterocycles. The third-order valence-electron chi connectivity index (χ3n) is 4.74. The van der Waals surface area contributed by atoms with Crippen molar-refractivity contribution >= 4 is 24.2 Å². The van der Waals surface area contributed by atoms with Gasteiger partial charge in [-0.15, -0.1) is 12.4 Å². The molecule has 0 bridgehead atoms. The van der Waals surface area contributed by atoms with Crippen LogP contribution in [-0.2, 0) is 4.79 Å². The Kier molecular flexibility index (Phi) is 7.23. The molecular weight excluding hydrogens is 361 g/mol. The van der Waals surface area contributed by atoms with Gasteiger partial charge in [0.25, 0.3) is 5.91 Å². The second-order valence-electron chi connectivity index (χ2n) is 6.36. The Hall–Kier alpha value is -1.86. The Morgan fingerprint density at radius 2 is 2.19 bits per heavy atom. The molecule has 2 aliphatic heterocycles. The number of carbonyl (C=O) groups excluding carboxylic acids is 2. The summed E-state index contributed by atoms with van der Waals surface area (Å²) in [5.41, 5.74) is 0.245. The lowest BCUT2D eigenvalue weighted by Crippen LogP contribution is -2.57. The first kappa shape index (κ1) is 20.5. The molecule has 0 radical (unpaired) electrons. The first-order valence-corrected chi connectivity index (χ1v) is 8.82. The van der Waals surface area contributed by atoms with Crippen LogP contribution in [0.25, 0.3) is 0 Å². The van der Waals surface area contributed by atoms with Gasteiger partial charge in [0.05, 0.1) is 18.7 Å². The van der Waals surface area contributed by atoms with Crippen molar-refractivity contribution < 1.29 is 18.7 Å². The van der Waals surface area contributed by atoms with E-state index in [2.05, 4.69) is 5.32 Å². The van der Waals surface area contributed by atoms with Crippen molar-refractivity contribution in [3.63, 3.8) is 0 Å². The molecular formula is C18H25ClFN3O3. The fourth-order valence-electron chi connectivity index (χ4n) is 3.54. The number of rotatable bonds is 4. The third-order valence-corrected chi connectivity index (χ3v) is 4.74. The van der Waals surface area contributed by atoms with Crippen molar-refractivity contribution in [3.05, 3.63) is 29.6 Å². The Labute approximate surface area is 159 Å². The Bertz CT molecular complexity index is 659. The van der Waals surface area contributed by atoms with E-state index in [4.69, 9.17) is 4.74 Å². The number of likely N-dealkylation sites (tertiary alicyclic amines) is 1. The zero-order valence-electron chi connectivity index (χ0n) is 14.9. The van der Waals surface area contributed by atoms with Gasteiger partial charge in [0, 0.05) is 32.2 Å². The van der Waals surface area contributed by atoms with Crippen LogP contribution in [0.15, 0.2) is 18.2 Å². The molecule has 2 amide bonds. The smallest absolute Gasteiger partial charge is 0.257 e. The van der Waals surface area contributed by atoms with Gasteiger partial charge in [0.1, 0.15) is 0 Å². The molecule has 1 unspecified atom stereocenters. The van der Waals surface area contributed by atoms with Gasteiger partial charge in [-0.25, -0.2) is 4.39 Å². The highest BCUT2D eigenvalue weighted by atomic mass is 35.5. The SMILES string of the molecule is CCOc1c(F)cccc1C(=O)N1CCCC(N2CCNCC2=O)C1.Cl. The maximum absolute atomic E-state index is 14.0. The van der Waals surface area contributed by atoms with Crippen molar-refractivity contribution in [2.75, 3.05) is 39.3 Å². The summed E-state index contributed by atoms with van der Waals surface area (Å²) >= 11 is 0. The van der Waals surface area contributed by atoms with Crippen molar-refractivity contribution in [1.29, 1.82) is 0 Å². The first-order valence-electron chi connectivity index (χ1n) is 8.82. The molecule has 6 nitrogen and oxygen atoms in total. The van der Waals surface area contributed by atoms with E-state index in [1.807, 2.05) is 4.90 Å². The van der Waals surface area contributed by atoms with Crippen molar-refractivity contribution in [3.8, 4) is 5.75 Å². The summed E-state index contributed by atoms with van der Waals surface area (Å²) in [6, 6.07) is 4.43. The number of carbonyl (C=O) groups is 2. The van der Waals surface area contributed by atoms with Crippen molar-refractivity contribution in [1.82, 2.24) is 15.1 Å². The van der Waals surface area contributed by atoms with E-state index in [0.29, 0.717) is 32.8 Å². The van der Waals surface area contributed by atoms with Crippen LogP contribution in [-0.4, -0.2) is 67.0 Å². The van der Waals surface area contributed by atoms with Gasteiger partial charge in [-0.05, 0) is 31.9 Å². The lowest BCUT2D eigenvalue weighted by atomic mass is 10.0. The second kappa shape index (κ2) is 9.19. The van der Waals surface area contributed by atoms with E-state index in [1.54, 1.807) is 17.9 Å². The quantitative estimate of drug-likeness (QED) is 0.856. The van der Waals surface area contributed by atoms with Gasteiger partial charge in [-0.3, -0.25) is 9.59 Å². The van der Waals surface area contributed by atoms with Crippen LogP contribution in [0.3, 0.4) is 0 Å². The number of piperidine rings is 1. The normalized spacial score (nSPS) is 20.5. The minimum atomic E-state index is -0.529. The average Bonchev–Trinajstić information content (AvgIpc) is 2.63. The number of hydrogen-bond acceptors (Lipinski definition) is 4. The number of amides is 2. The van der Waals surface area contributed by atoms with Gasteiger partial charge >= 0.3 is 0 Å². The molecule has 1 N–H and O–H groups in total. The minimum absolute atomic E-state index is 0. The minimum Gasteiger partial charge on any atom is -0.490 e. The van der Waals surface area contributed by atoms with Gasteiger partial charge in [-0.1, -0.05) is 6.07 Å². The molecule has 144 valence electrons. The van der Waals surface area contributed by atoms with Crippen LogP contribution in [0, 0.1) is 5.82 Å². The van der Waals surface area contributed by atoms with Crippen LogP contribution in [0.5, 0.6) is 5.75 Å². The topological polar surface area (TPSA) is 61.9 Å². The summed E-state index contributed by atoms with van der Waals surface area (Å²) in [5.74, 6) is -0.685. The molecule has 3 rings (SSSR count). The number of halogens is 2. The van der Waals surface area contributed by atoms with Gasteiger partial charge in [-0.2, -0.15) is 0 Å². The molecule has 2 saturated heterocycles.